The number of likely N-dealkylation sites (N-methyl/N-ethyl adjacent to an activating group) is 1. The van der Waals surface area contributed by atoms with E-state index < -0.39 is 14.0 Å². The fourth-order valence-electron chi connectivity index (χ4n) is 3.56. The van der Waals surface area contributed by atoms with Gasteiger partial charge in [0.05, 0.1) is 19.6 Å². The molecule has 0 spiro atoms. The molecule has 1 fully saturated rings. The van der Waals surface area contributed by atoms with E-state index in [1.807, 2.05) is 24.3 Å². The number of para-hydroxylation sites is 2. The first-order valence-electron chi connectivity index (χ1n) is 10.7. The number of ether oxygens (including phenoxy) is 3. The van der Waals surface area contributed by atoms with Gasteiger partial charge in [0, 0.05) is 12.5 Å². The summed E-state index contributed by atoms with van der Waals surface area (Å²) in [5.74, 6) is 2.62. The van der Waals surface area contributed by atoms with E-state index in [9.17, 15) is 9.69 Å². The Balaban J connectivity index is 0.000000303. The van der Waals surface area contributed by atoms with E-state index in [0.717, 1.165) is 36.6 Å². The molecule has 3 unspecified atom stereocenters. The Kier molecular flexibility index (Phi) is 10.2. The second-order valence-corrected chi connectivity index (χ2v) is 9.72. The zero-order chi connectivity index (χ0) is 23.7. The number of carbonyl (C=O) groups excluding carboxylic acids is 1. The van der Waals surface area contributed by atoms with Crippen LogP contribution < -0.4 is 9.47 Å². The molecular weight excluding hydrogens is 433 g/mol. The van der Waals surface area contributed by atoms with Crippen LogP contribution >= 0.6 is 8.60 Å². The Hall–Kier alpha value is -1.86. The number of likely N-dealkylation sites (tertiary alicyclic amines) is 1. The molecule has 180 valence electrons. The van der Waals surface area contributed by atoms with E-state index in [2.05, 4.69) is 18.0 Å². The summed E-state index contributed by atoms with van der Waals surface area (Å²) in [5.41, 5.74) is -0.587. The summed E-state index contributed by atoms with van der Waals surface area (Å²) < 4.78 is 25.5. The van der Waals surface area contributed by atoms with Crippen LogP contribution in [0.15, 0.2) is 36.1 Å². The SMILES string of the molecule is CN1CCC2CCC(OP(O)OCOC(=O)C(C)(C)C)=CC21.COc1ccccc1OC. The Morgan fingerprint density at radius 1 is 1.16 bits per heavy atom. The average Bonchev–Trinajstić information content (AvgIpc) is 3.13. The molecule has 1 N–H and O–H groups in total. The normalized spacial score (nSPS) is 21.4. The third-order valence-electron chi connectivity index (χ3n) is 5.41. The molecule has 1 heterocycles. The predicted octanol–water partition coefficient (Wildman–Crippen LogP) is 4.49. The van der Waals surface area contributed by atoms with Gasteiger partial charge in [-0.3, -0.25) is 14.2 Å². The summed E-state index contributed by atoms with van der Waals surface area (Å²) in [7, 11) is 3.29. The molecule has 1 aromatic rings. The Morgan fingerprint density at radius 3 is 2.34 bits per heavy atom. The largest absolute Gasteiger partial charge is 0.493 e. The Bertz CT molecular complexity index is 742. The van der Waals surface area contributed by atoms with Gasteiger partial charge < -0.3 is 23.6 Å². The summed E-state index contributed by atoms with van der Waals surface area (Å²) in [4.78, 5) is 23.7. The molecule has 0 amide bonds. The summed E-state index contributed by atoms with van der Waals surface area (Å²) >= 11 is 0. The molecule has 9 heteroatoms. The van der Waals surface area contributed by atoms with Gasteiger partial charge in [0.2, 0.25) is 6.79 Å². The minimum atomic E-state index is -2.07. The van der Waals surface area contributed by atoms with Crippen LogP contribution in [-0.2, 0) is 18.6 Å². The van der Waals surface area contributed by atoms with Crippen molar-refractivity contribution in [3.8, 4) is 11.5 Å². The number of nitrogens with zero attached hydrogens (tertiary/aromatic N) is 1. The second-order valence-electron chi connectivity index (χ2n) is 8.80. The third-order valence-corrected chi connectivity index (χ3v) is 6.13. The van der Waals surface area contributed by atoms with Crippen molar-refractivity contribution in [1.82, 2.24) is 4.90 Å². The molecule has 3 atom stereocenters. The predicted molar refractivity (Wildman–Crippen MR) is 123 cm³/mol. The highest BCUT2D eigenvalue weighted by atomic mass is 31.2. The van der Waals surface area contributed by atoms with Crippen molar-refractivity contribution >= 4 is 14.6 Å². The van der Waals surface area contributed by atoms with E-state index in [1.54, 1.807) is 35.0 Å². The Labute approximate surface area is 192 Å². The lowest BCUT2D eigenvalue weighted by molar-refractivity contribution is -0.159. The van der Waals surface area contributed by atoms with E-state index in [-0.39, 0.29) is 12.8 Å². The molecule has 1 aliphatic carbocycles. The van der Waals surface area contributed by atoms with Crippen molar-refractivity contribution in [3.63, 3.8) is 0 Å². The standard InChI is InChI=1S/C15H26NO5P.C8H10O2/c1-15(2,3)14(17)19-10-20-22(18)21-12-6-5-11-7-8-16(4)13(11)9-12;1-9-7-5-3-4-6-8(7)10-2/h9,11,13,18H,5-8,10H2,1-4H3;3-6H,1-2H3. The quantitative estimate of drug-likeness (QED) is 0.355. The first-order chi connectivity index (χ1) is 15.2. The third kappa shape index (κ3) is 7.93. The van der Waals surface area contributed by atoms with Gasteiger partial charge in [0.15, 0.2) is 11.5 Å². The lowest BCUT2D eigenvalue weighted by Gasteiger charge is -2.28. The molecular formula is C23H36NO7P. The van der Waals surface area contributed by atoms with Gasteiger partial charge in [-0.15, -0.1) is 0 Å². The summed E-state index contributed by atoms with van der Waals surface area (Å²) in [5, 5.41) is 0. The van der Waals surface area contributed by atoms with Gasteiger partial charge in [-0.2, -0.15) is 0 Å². The maximum Gasteiger partial charge on any atom is 0.397 e. The molecule has 3 rings (SSSR count). The maximum atomic E-state index is 11.6. The van der Waals surface area contributed by atoms with Gasteiger partial charge in [0.1, 0.15) is 5.76 Å². The van der Waals surface area contributed by atoms with Crippen molar-refractivity contribution in [2.24, 2.45) is 11.3 Å². The molecule has 8 nitrogen and oxygen atoms in total. The highest BCUT2D eigenvalue weighted by Crippen LogP contribution is 2.41. The summed E-state index contributed by atoms with van der Waals surface area (Å²) in [6, 6.07) is 7.92. The van der Waals surface area contributed by atoms with Crippen LogP contribution in [0.4, 0.5) is 0 Å². The lowest BCUT2D eigenvalue weighted by Crippen LogP contribution is -2.30. The minimum absolute atomic E-state index is 0.294. The zero-order valence-electron chi connectivity index (χ0n) is 19.9. The molecule has 32 heavy (non-hydrogen) atoms. The highest BCUT2D eigenvalue weighted by molar-refractivity contribution is 7.40. The van der Waals surface area contributed by atoms with Crippen molar-refractivity contribution < 1.29 is 32.9 Å². The van der Waals surface area contributed by atoms with Crippen LogP contribution in [-0.4, -0.2) is 56.4 Å². The van der Waals surface area contributed by atoms with Crippen molar-refractivity contribution in [2.45, 2.75) is 46.1 Å². The fourth-order valence-corrected chi connectivity index (χ4v) is 4.11. The van der Waals surface area contributed by atoms with Gasteiger partial charge >= 0.3 is 14.6 Å². The summed E-state index contributed by atoms with van der Waals surface area (Å²) in [6.07, 6.45) is 5.19. The molecule has 0 radical (unpaired) electrons. The number of carbonyl (C=O) groups is 1. The molecule has 1 saturated heterocycles. The first kappa shape index (κ1) is 26.4. The number of benzene rings is 1. The number of hydrogen-bond acceptors (Lipinski definition) is 8. The molecule has 2 aliphatic rings. The monoisotopic (exact) mass is 469 g/mol. The van der Waals surface area contributed by atoms with Gasteiger partial charge in [-0.25, -0.2) is 0 Å². The number of fused-ring (bicyclic) bond motifs is 1. The molecule has 1 aliphatic heterocycles. The van der Waals surface area contributed by atoms with Gasteiger partial charge in [0.25, 0.3) is 0 Å². The molecule has 0 aromatic heterocycles. The lowest BCUT2D eigenvalue weighted by atomic mass is 9.89. The van der Waals surface area contributed by atoms with Crippen molar-refractivity contribution in [2.75, 3.05) is 34.6 Å². The van der Waals surface area contributed by atoms with Crippen LogP contribution in [0, 0.1) is 11.3 Å². The topological polar surface area (TPSA) is 86.7 Å². The second kappa shape index (κ2) is 12.4. The van der Waals surface area contributed by atoms with Crippen LogP contribution in [0.3, 0.4) is 0 Å². The van der Waals surface area contributed by atoms with Crippen LogP contribution in [0.5, 0.6) is 11.5 Å². The van der Waals surface area contributed by atoms with Crippen molar-refractivity contribution in [3.05, 3.63) is 36.1 Å². The van der Waals surface area contributed by atoms with Crippen LogP contribution in [0.1, 0.15) is 40.0 Å². The number of rotatable bonds is 7. The van der Waals surface area contributed by atoms with E-state index in [1.165, 1.54) is 6.42 Å². The zero-order valence-corrected chi connectivity index (χ0v) is 20.8. The van der Waals surface area contributed by atoms with Gasteiger partial charge in [-0.1, -0.05) is 12.1 Å². The average molecular weight is 470 g/mol. The molecule has 1 aromatic carbocycles. The summed E-state index contributed by atoms with van der Waals surface area (Å²) in [6.45, 7) is 6.09. The van der Waals surface area contributed by atoms with Crippen molar-refractivity contribution in [1.29, 1.82) is 0 Å². The molecule has 0 bridgehead atoms. The minimum Gasteiger partial charge on any atom is -0.493 e. The van der Waals surface area contributed by atoms with Gasteiger partial charge in [-0.05, 0) is 71.3 Å². The molecule has 0 saturated carbocycles. The smallest absolute Gasteiger partial charge is 0.397 e. The number of esters is 1. The van der Waals surface area contributed by atoms with Crippen LogP contribution in [0.2, 0.25) is 0 Å². The highest BCUT2D eigenvalue weighted by Gasteiger charge is 2.34. The van der Waals surface area contributed by atoms with Crippen LogP contribution in [0.25, 0.3) is 0 Å². The Morgan fingerprint density at radius 2 is 1.78 bits per heavy atom. The number of methoxy groups -OCH3 is 2. The van der Waals surface area contributed by atoms with E-state index >= 15 is 0 Å². The van der Waals surface area contributed by atoms with E-state index in [0.29, 0.717) is 12.0 Å². The maximum absolute atomic E-state index is 11.6. The van der Waals surface area contributed by atoms with E-state index in [4.69, 9.17) is 23.3 Å². The first-order valence-corrected chi connectivity index (χ1v) is 11.8. The number of hydrogen-bond donors (Lipinski definition) is 1. The number of allylic oxidation sites excluding steroid dienone is 1. The fraction of sp³-hybridized carbons (Fsp3) is 0.609.